The topological polar surface area (TPSA) is 530 Å². The summed E-state index contributed by atoms with van der Waals surface area (Å²) in [6.45, 7) is 5.66. The molecule has 7 aliphatic heterocycles. The van der Waals surface area contributed by atoms with E-state index in [2.05, 4.69) is 37.2 Å². The molecule has 5 aromatic carbocycles. The lowest BCUT2D eigenvalue weighted by molar-refractivity contribution is -0.333. The molecule has 0 spiro atoms. The summed E-state index contributed by atoms with van der Waals surface area (Å²) in [4.78, 5) is 117. The van der Waals surface area contributed by atoms with Crippen LogP contribution in [0.4, 0.5) is 0 Å². The number of nitrogens with two attached hydrogens (primary N) is 2. The zero-order valence-corrected chi connectivity index (χ0v) is 55.8. The number of hydrogen-bond donors (Lipinski definition) is 19. The lowest BCUT2D eigenvalue weighted by atomic mass is 9.86. The fourth-order valence-corrected chi connectivity index (χ4v) is 12.9. The van der Waals surface area contributed by atoms with Crippen LogP contribution in [0.5, 0.6) is 46.0 Å². The van der Waals surface area contributed by atoms with E-state index in [0.717, 1.165) is 66.7 Å². The molecule has 0 aliphatic carbocycles. The fraction of sp³-hybridized carbons (Fsp3) is 0.424. The van der Waals surface area contributed by atoms with E-state index in [1.165, 1.54) is 33.0 Å². The summed E-state index contributed by atoms with van der Waals surface area (Å²) in [5.74, 6) is -16.0. The molecular formula is C66H75Cl2N9O24. The summed E-state index contributed by atoms with van der Waals surface area (Å²) in [6, 6.07) is -0.679. The number of aliphatic hydroxyl groups is 6. The maximum atomic E-state index is 16.0. The summed E-state index contributed by atoms with van der Waals surface area (Å²) in [5.41, 5.74) is 8.00. The standard InChI is InChI=1S/C66H75Cl2N9O24/c1-23(2)12-34(71-5)58(88)76-49-51(83)26-7-10-38(32(67)14-26)97-40-16-28-17-41(55(40)101-65-56(54(86)53(85)42(22-78)99-65)100-44-21-66(4,70)57(87)24(3)96-44)98-39-11-8-27(15-33(39)68)52(84)50-63(93)75-48(64(94)95)31-18-29(79)19-37(81)45(31)30-13-25(6-9-36(30)80)46(60(90)77-50)74-61(91)47(28)73-59(89)35(20-43(69)82)72-62(49)92/h6-11,13-19,23-24,34-35,42,44,46-54,56-57,65,71,78-81,83-87H,12,20-22,70H2,1-5H3,(H2,69,82)(H,72,92)(H,73,89)(H,74,91)(H,75,93)(H,76,88)(H,77,90)(H,94,95)/t24-,34+,35-,42+,44-,46?,47+,48+,49+,50-,51+,52+,53+,54-,56?,57+,65-,66-/m0/s1. The number of aliphatic carboxylic acids is 1. The van der Waals surface area contributed by atoms with Crippen LogP contribution in [-0.2, 0) is 52.6 Å². The van der Waals surface area contributed by atoms with Crippen molar-refractivity contribution in [2.45, 2.75) is 156 Å². The summed E-state index contributed by atoms with van der Waals surface area (Å²) < 4.78 is 38.3. The van der Waals surface area contributed by atoms with Crippen LogP contribution in [0, 0.1) is 5.92 Å². The number of carbonyl (C=O) groups is 8. The zero-order chi connectivity index (χ0) is 73.5. The third kappa shape index (κ3) is 15.8. The smallest absolute Gasteiger partial charge is 0.330 e. The summed E-state index contributed by atoms with van der Waals surface area (Å²) >= 11 is 14.1. The number of benzene rings is 5. The molecule has 12 rings (SSSR count). The Balaban J connectivity index is 1.24. The highest BCUT2D eigenvalue weighted by Crippen LogP contribution is 2.50. The molecule has 0 radical (unpaired) electrons. The predicted octanol–water partition coefficient (Wildman–Crippen LogP) is 0.106. The van der Waals surface area contributed by atoms with Crippen molar-refractivity contribution in [3.63, 3.8) is 0 Å². The van der Waals surface area contributed by atoms with Gasteiger partial charge in [0.2, 0.25) is 53.4 Å². The van der Waals surface area contributed by atoms with Gasteiger partial charge in [-0.25, -0.2) is 4.79 Å². The average molecular weight is 1450 g/mol. The van der Waals surface area contributed by atoms with Crippen molar-refractivity contribution in [3.8, 4) is 57.1 Å². The van der Waals surface area contributed by atoms with Crippen LogP contribution in [0.1, 0.15) is 105 Å². The second-order valence-electron chi connectivity index (χ2n) is 25.7. The number of rotatable bonds is 13. The lowest BCUT2D eigenvalue weighted by Gasteiger charge is -2.47. The van der Waals surface area contributed by atoms with Gasteiger partial charge in [0, 0.05) is 34.7 Å². The SMILES string of the molecule is CN[C@H](CC(C)C)C(=O)N[C@H]1C(=O)N[C@@H](CC(N)=O)C(=O)N[C@H]2C(=O)NC3C(=O)N[C@H](C(=O)N[C@@H](C(=O)O)c4cc(O)cc(O)c4-c4cc3ccc4O)[C@H](O)c3ccc(c(Cl)c3)Oc3cc2cc(c3O[C@@H]2O[C@H](CO)[C@@H](O)[C@H](O)C2O[C@H]2C[C@](C)(N)[C@H](O)[C@H](C)O2)Oc2ccc(cc2Cl)[C@H]1O. The average Bonchev–Trinajstić information content (AvgIpc) is 0.775. The van der Waals surface area contributed by atoms with Crippen LogP contribution in [0.3, 0.4) is 0 Å². The lowest BCUT2D eigenvalue weighted by Crippen LogP contribution is -2.64. The Labute approximate surface area is 584 Å². The highest BCUT2D eigenvalue weighted by Gasteiger charge is 2.51. The van der Waals surface area contributed by atoms with Gasteiger partial charge >= 0.3 is 5.97 Å². The van der Waals surface area contributed by atoms with Crippen LogP contribution in [0.25, 0.3) is 11.1 Å². The molecule has 18 atom stereocenters. The molecule has 7 aliphatic rings. The van der Waals surface area contributed by atoms with E-state index < -0.39 is 237 Å². The number of hydrogen-bond acceptors (Lipinski definition) is 25. The first kappa shape index (κ1) is 74.5. The molecule has 5 aromatic rings. The number of aromatic hydroxyl groups is 3. The second kappa shape index (κ2) is 30.2. The molecule has 35 heteroatoms. The van der Waals surface area contributed by atoms with Crippen LogP contribution in [0.2, 0.25) is 10.0 Å². The molecule has 2 unspecified atom stereocenters. The van der Waals surface area contributed by atoms with Crippen molar-refractivity contribution in [1.82, 2.24) is 37.2 Å². The van der Waals surface area contributed by atoms with Gasteiger partial charge in [-0.15, -0.1) is 0 Å². The van der Waals surface area contributed by atoms with Crippen LogP contribution >= 0.6 is 23.2 Å². The third-order valence-electron chi connectivity index (χ3n) is 17.8. The number of likely N-dealkylation sites (N-methyl/N-ethyl adjacent to an activating group) is 1. The van der Waals surface area contributed by atoms with Crippen LogP contribution < -0.4 is 62.9 Å². The van der Waals surface area contributed by atoms with Gasteiger partial charge in [0.15, 0.2) is 29.9 Å². The number of carbonyl (C=O) groups excluding carboxylic acids is 7. The Bertz CT molecular complexity index is 4070. The molecule has 542 valence electrons. The van der Waals surface area contributed by atoms with E-state index in [1.807, 2.05) is 13.8 Å². The molecule has 11 bridgehead atoms. The second-order valence-corrected chi connectivity index (χ2v) is 26.5. The van der Waals surface area contributed by atoms with Gasteiger partial charge in [0.25, 0.3) is 0 Å². The van der Waals surface area contributed by atoms with Gasteiger partial charge in [0.1, 0.15) is 89.5 Å². The maximum Gasteiger partial charge on any atom is 0.330 e. The van der Waals surface area contributed by atoms with Gasteiger partial charge in [-0.2, -0.15) is 0 Å². The minimum Gasteiger partial charge on any atom is -0.508 e. The minimum absolute atomic E-state index is 0.0975. The van der Waals surface area contributed by atoms with E-state index in [1.54, 1.807) is 0 Å². The Morgan fingerprint density at radius 3 is 1.90 bits per heavy atom. The van der Waals surface area contributed by atoms with E-state index in [4.69, 9.17) is 63.1 Å². The maximum absolute atomic E-state index is 16.0. The minimum atomic E-state index is -2.35. The molecule has 0 saturated carbocycles. The number of aliphatic hydroxyl groups excluding tert-OH is 6. The number of carboxylic acids is 1. The number of nitrogens with one attached hydrogen (secondary N) is 7. The van der Waals surface area contributed by atoms with Gasteiger partial charge in [0.05, 0.1) is 41.3 Å². The van der Waals surface area contributed by atoms with Crippen molar-refractivity contribution in [3.05, 3.63) is 117 Å². The van der Waals surface area contributed by atoms with Crippen LogP contribution in [0.15, 0.2) is 78.9 Å². The predicted molar refractivity (Wildman–Crippen MR) is 349 cm³/mol. The van der Waals surface area contributed by atoms with Crippen molar-refractivity contribution in [2.24, 2.45) is 17.4 Å². The highest BCUT2D eigenvalue weighted by molar-refractivity contribution is 6.32. The Hall–Kier alpha value is -9.20. The number of halogens is 2. The van der Waals surface area contributed by atoms with Crippen molar-refractivity contribution in [1.29, 1.82) is 0 Å². The molecule has 7 heterocycles. The van der Waals surface area contributed by atoms with Crippen LogP contribution in [-0.4, -0.2) is 191 Å². The first-order valence-corrected chi connectivity index (χ1v) is 32.4. The number of amides is 7. The molecule has 2 fully saturated rings. The number of fused-ring (bicyclic) bond motifs is 15. The molecule has 0 aromatic heterocycles. The Morgan fingerprint density at radius 2 is 1.32 bits per heavy atom. The van der Waals surface area contributed by atoms with Gasteiger partial charge in [-0.3, -0.25) is 33.6 Å². The number of ether oxygens (including phenoxy) is 6. The van der Waals surface area contributed by atoms with Gasteiger partial charge in [-0.1, -0.05) is 55.2 Å². The first-order valence-electron chi connectivity index (χ1n) is 31.6. The van der Waals surface area contributed by atoms with E-state index in [0.29, 0.717) is 0 Å². The number of phenolic OH excluding ortho intramolecular Hbond substituents is 3. The zero-order valence-electron chi connectivity index (χ0n) is 54.3. The monoisotopic (exact) mass is 1450 g/mol. The highest BCUT2D eigenvalue weighted by atomic mass is 35.5. The molecule has 7 amide bonds. The summed E-state index contributed by atoms with van der Waals surface area (Å²) in [6.07, 6.45) is -18.6. The molecule has 33 nitrogen and oxygen atoms in total. The Morgan fingerprint density at radius 1 is 0.713 bits per heavy atom. The van der Waals surface area contributed by atoms with Gasteiger partial charge < -0.3 is 128 Å². The fourth-order valence-electron chi connectivity index (χ4n) is 12.5. The summed E-state index contributed by atoms with van der Waals surface area (Å²) in [5, 5.41) is 131. The van der Waals surface area contributed by atoms with Crippen molar-refractivity contribution >= 4 is 70.5 Å². The van der Waals surface area contributed by atoms with Crippen molar-refractivity contribution < 1.29 is 118 Å². The van der Waals surface area contributed by atoms with E-state index in [9.17, 15) is 75.0 Å². The van der Waals surface area contributed by atoms with E-state index >= 15 is 14.4 Å². The molecule has 101 heavy (non-hydrogen) atoms. The quantitative estimate of drug-likeness (QED) is 0.0743. The third-order valence-corrected chi connectivity index (χ3v) is 18.4. The number of primary amides is 1. The van der Waals surface area contributed by atoms with E-state index in [-0.39, 0.29) is 46.2 Å². The first-order chi connectivity index (χ1) is 47.7. The summed E-state index contributed by atoms with van der Waals surface area (Å²) in [7, 11) is 1.47. The number of carboxylic acid groups (broad SMARTS) is 1. The largest absolute Gasteiger partial charge is 0.508 e. The molecule has 2 saturated heterocycles. The van der Waals surface area contributed by atoms with Gasteiger partial charge in [-0.05, 0) is 110 Å². The van der Waals surface area contributed by atoms with Crippen molar-refractivity contribution in [2.75, 3.05) is 13.7 Å². The Kier molecular flexibility index (Phi) is 22.2. The molecule has 21 N–H and O–H groups in total. The number of phenols is 3. The molecular weight excluding hydrogens is 1370 g/mol. The normalized spacial score (nSPS) is 29.4.